The highest BCUT2D eigenvalue weighted by atomic mass is 32.1. The Morgan fingerprint density at radius 3 is 2.63 bits per heavy atom. The summed E-state index contributed by atoms with van der Waals surface area (Å²) in [6.45, 7) is 3.60. The van der Waals surface area contributed by atoms with Crippen molar-refractivity contribution in [2.45, 2.75) is 19.9 Å². The van der Waals surface area contributed by atoms with Gasteiger partial charge in [0.25, 0.3) is 0 Å². The number of nitrogens with one attached hydrogen (secondary N) is 2. The van der Waals surface area contributed by atoms with Gasteiger partial charge < -0.3 is 10.6 Å². The second kappa shape index (κ2) is 5.79. The molecule has 0 aliphatic carbocycles. The second-order valence-electron chi connectivity index (χ2n) is 4.16. The minimum atomic E-state index is -0.435. The molecule has 0 saturated heterocycles. The number of aromatic nitrogens is 1. The number of hydrogen-bond donors (Lipinski definition) is 2. The zero-order chi connectivity index (χ0) is 13.8. The predicted molar refractivity (Wildman–Crippen MR) is 75.0 cm³/mol. The van der Waals surface area contributed by atoms with Crippen LogP contribution in [0.1, 0.15) is 12.6 Å². The van der Waals surface area contributed by atoms with E-state index in [0.29, 0.717) is 10.8 Å². The lowest BCUT2D eigenvalue weighted by Gasteiger charge is -2.14. The molecule has 4 nitrogen and oxygen atoms in total. The van der Waals surface area contributed by atoms with E-state index in [0.717, 1.165) is 5.69 Å². The number of hydrogen-bond acceptors (Lipinski definition) is 4. The van der Waals surface area contributed by atoms with Gasteiger partial charge in [-0.25, -0.2) is 9.37 Å². The summed E-state index contributed by atoms with van der Waals surface area (Å²) in [5, 5.41) is 8.17. The molecule has 0 fully saturated rings. The molecule has 1 heterocycles. The van der Waals surface area contributed by atoms with Gasteiger partial charge in [-0.15, -0.1) is 11.3 Å². The molecule has 0 bridgehead atoms. The highest BCUT2D eigenvalue weighted by Gasteiger charge is 2.14. The van der Waals surface area contributed by atoms with Crippen LogP contribution in [0.2, 0.25) is 0 Å². The van der Waals surface area contributed by atoms with Gasteiger partial charge in [0.2, 0.25) is 5.91 Å². The molecular weight excluding hydrogens is 265 g/mol. The molecule has 1 aromatic carbocycles. The van der Waals surface area contributed by atoms with Crippen molar-refractivity contribution in [1.29, 1.82) is 0 Å². The number of aryl methyl sites for hydroxylation is 1. The van der Waals surface area contributed by atoms with Crippen molar-refractivity contribution < 1.29 is 9.18 Å². The van der Waals surface area contributed by atoms with Crippen LogP contribution in [0.25, 0.3) is 0 Å². The molecule has 0 unspecified atom stereocenters. The molecule has 0 aliphatic heterocycles. The first-order valence-corrected chi connectivity index (χ1v) is 6.67. The zero-order valence-corrected chi connectivity index (χ0v) is 11.4. The summed E-state index contributed by atoms with van der Waals surface area (Å²) in [5.74, 6) is -0.486. The summed E-state index contributed by atoms with van der Waals surface area (Å²) < 4.78 is 12.8. The summed E-state index contributed by atoms with van der Waals surface area (Å²) in [4.78, 5) is 16.1. The van der Waals surface area contributed by atoms with E-state index in [1.165, 1.54) is 23.5 Å². The fourth-order valence-corrected chi connectivity index (χ4v) is 2.18. The Morgan fingerprint density at radius 2 is 2.05 bits per heavy atom. The van der Waals surface area contributed by atoms with Crippen LogP contribution in [0.4, 0.5) is 15.2 Å². The van der Waals surface area contributed by atoms with Crippen molar-refractivity contribution in [2.24, 2.45) is 0 Å². The standard InChI is InChI=1S/C13H14FN3OS/c1-8-7-19-13(15-8)17-12(18)9(2)16-11-5-3-10(14)4-6-11/h3-7,9,16H,1-2H3,(H,15,17,18)/t9-/m0/s1. The maximum atomic E-state index is 12.8. The summed E-state index contributed by atoms with van der Waals surface area (Å²) in [5.41, 5.74) is 1.57. The van der Waals surface area contributed by atoms with Crippen molar-refractivity contribution in [2.75, 3.05) is 10.6 Å². The number of halogens is 1. The summed E-state index contributed by atoms with van der Waals surface area (Å²) in [7, 11) is 0. The van der Waals surface area contributed by atoms with Gasteiger partial charge in [0.15, 0.2) is 5.13 Å². The number of anilines is 2. The molecule has 2 rings (SSSR count). The van der Waals surface area contributed by atoms with Crippen molar-refractivity contribution in [3.05, 3.63) is 41.2 Å². The lowest BCUT2D eigenvalue weighted by Crippen LogP contribution is -2.31. The van der Waals surface area contributed by atoms with E-state index in [9.17, 15) is 9.18 Å². The molecule has 0 aliphatic rings. The number of carbonyl (C=O) groups is 1. The molecule has 0 radical (unpaired) electrons. The van der Waals surface area contributed by atoms with Gasteiger partial charge in [-0.2, -0.15) is 0 Å². The highest BCUT2D eigenvalue weighted by Crippen LogP contribution is 2.15. The Hall–Kier alpha value is -1.95. The molecule has 1 atom stereocenters. The van der Waals surface area contributed by atoms with Crippen LogP contribution < -0.4 is 10.6 Å². The first kappa shape index (κ1) is 13.5. The van der Waals surface area contributed by atoms with Crippen LogP contribution in [0.3, 0.4) is 0 Å². The quantitative estimate of drug-likeness (QED) is 0.904. The van der Waals surface area contributed by atoms with Gasteiger partial charge >= 0.3 is 0 Å². The fraction of sp³-hybridized carbons (Fsp3) is 0.231. The Labute approximate surface area is 114 Å². The van der Waals surface area contributed by atoms with E-state index in [-0.39, 0.29) is 11.7 Å². The van der Waals surface area contributed by atoms with Gasteiger partial charge in [-0.1, -0.05) is 0 Å². The van der Waals surface area contributed by atoms with Crippen molar-refractivity contribution in [3.63, 3.8) is 0 Å². The molecule has 6 heteroatoms. The number of thiazole rings is 1. The topological polar surface area (TPSA) is 54.0 Å². The van der Waals surface area contributed by atoms with Gasteiger partial charge in [-0.05, 0) is 38.1 Å². The normalized spacial score (nSPS) is 11.9. The monoisotopic (exact) mass is 279 g/mol. The molecule has 19 heavy (non-hydrogen) atoms. The van der Waals surface area contributed by atoms with E-state index in [4.69, 9.17) is 0 Å². The smallest absolute Gasteiger partial charge is 0.248 e. The molecular formula is C13H14FN3OS. The van der Waals surface area contributed by atoms with E-state index in [2.05, 4.69) is 15.6 Å². The Morgan fingerprint density at radius 1 is 1.37 bits per heavy atom. The summed E-state index contributed by atoms with van der Waals surface area (Å²) in [6.07, 6.45) is 0. The SMILES string of the molecule is Cc1csc(NC(=O)[C@H](C)Nc2ccc(F)cc2)n1. The first-order valence-electron chi connectivity index (χ1n) is 5.79. The Bertz CT molecular complexity index is 568. The largest absolute Gasteiger partial charge is 0.374 e. The summed E-state index contributed by atoms with van der Waals surface area (Å²) >= 11 is 1.38. The summed E-state index contributed by atoms with van der Waals surface area (Å²) in [6, 6.07) is 5.43. The maximum Gasteiger partial charge on any atom is 0.248 e. The molecule has 1 aromatic heterocycles. The molecule has 0 saturated carbocycles. The van der Waals surface area contributed by atoms with Crippen molar-refractivity contribution in [1.82, 2.24) is 4.98 Å². The van der Waals surface area contributed by atoms with Crippen molar-refractivity contribution >= 4 is 28.1 Å². The van der Waals surface area contributed by atoms with Gasteiger partial charge in [0, 0.05) is 11.1 Å². The third-order valence-corrected chi connectivity index (χ3v) is 3.35. The van der Waals surface area contributed by atoms with Crippen LogP contribution in [-0.2, 0) is 4.79 Å². The fourth-order valence-electron chi connectivity index (χ4n) is 1.49. The number of benzene rings is 1. The second-order valence-corrected chi connectivity index (χ2v) is 5.01. The Balaban J connectivity index is 1.94. The molecule has 100 valence electrons. The average Bonchev–Trinajstić information content (AvgIpc) is 2.77. The van der Waals surface area contributed by atoms with E-state index < -0.39 is 6.04 Å². The van der Waals surface area contributed by atoms with Crippen LogP contribution >= 0.6 is 11.3 Å². The first-order chi connectivity index (χ1) is 9.04. The number of carbonyl (C=O) groups excluding carboxylic acids is 1. The van der Waals surface area contributed by atoms with Gasteiger partial charge in [0.05, 0.1) is 5.69 Å². The zero-order valence-electron chi connectivity index (χ0n) is 10.6. The minimum absolute atomic E-state index is 0.182. The highest BCUT2D eigenvalue weighted by molar-refractivity contribution is 7.13. The molecule has 2 N–H and O–H groups in total. The van der Waals surface area contributed by atoms with E-state index >= 15 is 0 Å². The average molecular weight is 279 g/mol. The number of amides is 1. The van der Waals surface area contributed by atoms with E-state index in [1.807, 2.05) is 12.3 Å². The number of nitrogens with zero attached hydrogens (tertiary/aromatic N) is 1. The van der Waals surface area contributed by atoms with Crippen LogP contribution in [0, 0.1) is 12.7 Å². The van der Waals surface area contributed by atoms with Gasteiger partial charge in [0.1, 0.15) is 11.9 Å². The third-order valence-electron chi connectivity index (χ3n) is 2.47. The lowest BCUT2D eigenvalue weighted by atomic mass is 10.2. The third kappa shape index (κ3) is 3.75. The van der Waals surface area contributed by atoms with Crippen LogP contribution in [0.5, 0.6) is 0 Å². The lowest BCUT2D eigenvalue weighted by molar-refractivity contribution is -0.116. The molecule has 0 spiro atoms. The maximum absolute atomic E-state index is 12.8. The number of rotatable bonds is 4. The minimum Gasteiger partial charge on any atom is -0.374 e. The van der Waals surface area contributed by atoms with Crippen LogP contribution in [0.15, 0.2) is 29.6 Å². The molecule has 2 aromatic rings. The van der Waals surface area contributed by atoms with Crippen molar-refractivity contribution in [3.8, 4) is 0 Å². The van der Waals surface area contributed by atoms with E-state index in [1.54, 1.807) is 19.1 Å². The predicted octanol–water partition coefficient (Wildman–Crippen LogP) is 3.03. The molecule has 1 amide bonds. The van der Waals surface area contributed by atoms with Crippen LogP contribution in [-0.4, -0.2) is 16.9 Å². The Kier molecular flexibility index (Phi) is 4.11. The van der Waals surface area contributed by atoms with Gasteiger partial charge in [-0.3, -0.25) is 4.79 Å².